The molecule has 1 N–H and O–H groups in total. The highest BCUT2D eigenvalue weighted by Crippen LogP contribution is 2.33. The molecule has 2 aromatic rings. The van der Waals surface area contributed by atoms with Gasteiger partial charge < -0.3 is 14.6 Å². The molecule has 0 amide bonds. The molecule has 1 fully saturated rings. The lowest BCUT2D eigenvalue weighted by Crippen LogP contribution is -2.45. The summed E-state index contributed by atoms with van der Waals surface area (Å²) in [5.41, 5.74) is 1.67. The Morgan fingerprint density at radius 1 is 1.16 bits per heavy atom. The van der Waals surface area contributed by atoms with Crippen LogP contribution in [0.1, 0.15) is 18.0 Å². The summed E-state index contributed by atoms with van der Waals surface area (Å²) >= 11 is 0. The number of benzene rings is 1. The summed E-state index contributed by atoms with van der Waals surface area (Å²) in [4.78, 5) is 12.9. The van der Waals surface area contributed by atoms with Crippen LogP contribution in [0.2, 0.25) is 0 Å². The largest absolute Gasteiger partial charge is 0.573 e. The fourth-order valence-electron chi connectivity index (χ4n) is 3.87. The molecule has 2 aliphatic heterocycles. The van der Waals surface area contributed by atoms with Crippen LogP contribution in [0, 0.1) is 5.92 Å². The molecule has 2 atom stereocenters. The maximum atomic E-state index is 12.9. The van der Waals surface area contributed by atoms with Crippen LogP contribution >= 0.6 is 0 Å². The lowest BCUT2D eigenvalue weighted by Gasteiger charge is -2.37. The zero-order chi connectivity index (χ0) is 17.6. The van der Waals surface area contributed by atoms with E-state index in [1.165, 1.54) is 18.2 Å². The number of rotatable bonds is 2. The van der Waals surface area contributed by atoms with Crippen molar-refractivity contribution in [3.05, 3.63) is 52.4 Å². The zero-order valence-corrected chi connectivity index (χ0v) is 13.3. The van der Waals surface area contributed by atoms with Crippen molar-refractivity contribution in [2.75, 3.05) is 13.1 Å². The van der Waals surface area contributed by atoms with Gasteiger partial charge in [0.2, 0.25) is 0 Å². The van der Waals surface area contributed by atoms with Crippen molar-refractivity contribution in [2.24, 2.45) is 5.92 Å². The van der Waals surface area contributed by atoms with Crippen molar-refractivity contribution in [3.63, 3.8) is 0 Å². The Morgan fingerprint density at radius 2 is 2.00 bits per heavy atom. The summed E-state index contributed by atoms with van der Waals surface area (Å²) in [6.07, 6.45) is -3.69. The monoisotopic (exact) mass is 350 g/mol. The van der Waals surface area contributed by atoms with Crippen LogP contribution < -0.4 is 15.6 Å². The number of nitrogens with one attached hydrogen (secondary N) is 1. The van der Waals surface area contributed by atoms with E-state index in [9.17, 15) is 18.0 Å². The van der Waals surface area contributed by atoms with Crippen molar-refractivity contribution < 1.29 is 17.9 Å². The van der Waals surface area contributed by atoms with E-state index in [1.807, 2.05) is 6.07 Å². The average Bonchev–Trinajstić information content (AvgIpc) is 2.55. The highest BCUT2D eigenvalue weighted by Gasteiger charge is 2.32. The third kappa shape index (κ3) is 3.16. The van der Waals surface area contributed by atoms with Crippen LogP contribution in [0.5, 0.6) is 5.75 Å². The average molecular weight is 350 g/mol. The smallest absolute Gasteiger partial charge is 0.406 e. The van der Waals surface area contributed by atoms with E-state index < -0.39 is 6.36 Å². The summed E-state index contributed by atoms with van der Waals surface area (Å²) in [7, 11) is 0. The number of pyridine rings is 1. The first kappa shape index (κ1) is 16.2. The summed E-state index contributed by atoms with van der Waals surface area (Å²) in [6.45, 7) is 2.38. The molecule has 1 aromatic carbocycles. The molecule has 0 radical (unpaired) electrons. The van der Waals surface area contributed by atoms with Gasteiger partial charge in [-0.2, -0.15) is 0 Å². The molecule has 4 nitrogen and oxygen atoms in total. The van der Waals surface area contributed by atoms with Crippen LogP contribution in [0.3, 0.4) is 0 Å². The van der Waals surface area contributed by atoms with Gasteiger partial charge in [-0.05, 0) is 48.7 Å². The second-order valence-electron chi connectivity index (χ2n) is 6.62. The van der Waals surface area contributed by atoms with Gasteiger partial charge in [-0.3, -0.25) is 4.79 Å². The van der Waals surface area contributed by atoms with Crippen molar-refractivity contribution in [3.8, 4) is 16.9 Å². The van der Waals surface area contributed by atoms with Gasteiger partial charge >= 0.3 is 6.36 Å². The predicted molar refractivity (Wildman–Crippen MR) is 86.5 cm³/mol. The Labute approximate surface area is 142 Å². The van der Waals surface area contributed by atoms with Crippen LogP contribution in [-0.2, 0) is 6.54 Å². The number of alkyl halides is 3. The van der Waals surface area contributed by atoms with Gasteiger partial charge in [-0.1, -0.05) is 12.1 Å². The van der Waals surface area contributed by atoms with E-state index >= 15 is 0 Å². The molecule has 2 unspecified atom stereocenters. The molecule has 3 heterocycles. The molecule has 2 bridgehead atoms. The van der Waals surface area contributed by atoms with Gasteiger partial charge in [0.1, 0.15) is 5.75 Å². The molecule has 1 aromatic heterocycles. The molecule has 0 aliphatic carbocycles. The van der Waals surface area contributed by atoms with Gasteiger partial charge in [0.15, 0.2) is 0 Å². The van der Waals surface area contributed by atoms with E-state index in [0.29, 0.717) is 29.5 Å². The quantitative estimate of drug-likeness (QED) is 0.905. The van der Waals surface area contributed by atoms with Crippen molar-refractivity contribution in [1.82, 2.24) is 9.88 Å². The van der Waals surface area contributed by atoms with Crippen molar-refractivity contribution >= 4 is 0 Å². The first-order valence-electron chi connectivity index (χ1n) is 8.21. The summed E-state index contributed by atoms with van der Waals surface area (Å²) in [5.74, 6) is 0.404. The minimum absolute atomic E-state index is 0.154. The zero-order valence-electron chi connectivity index (χ0n) is 13.3. The standard InChI is InChI=1S/C18H17F3N2O2/c19-18(20,21)25-14-3-1-2-12(7-14)15-4-5-16-13-6-11(8-22-9-13)10-23(16)17(15)24/h1-5,7,11,13,22H,6,8-10H2. The van der Waals surface area contributed by atoms with E-state index in [4.69, 9.17) is 0 Å². The lowest BCUT2D eigenvalue weighted by atomic mass is 9.84. The van der Waals surface area contributed by atoms with Crippen LogP contribution in [-0.4, -0.2) is 24.0 Å². The third-order valence-electron chi connectivity index (χ3n) is 4.89. The van der Waals surface area contributed by atoms with E-state index in [1.54, 1.807) is 16.7 Å². The summed E-state index contributed by atoms with van der Waals surface area (Å²) in [5, 5.41) is 3.38. The van der Waals surface area contributed by atoms with Crippen molar-refractivity contribution in [1.29, 1.82) is 0 Å². The molecular formula is C18H17F3N2O2. The fraction of sp³-hybridized carbons (Fsp3) is 0.389. The maximum Gasteiger partial charge on any atom is 0.573 e. The Balaban J connectivity index is 1.74. The number of hydrogen-bond acceptors (Lipinski definition) is 3. The first-order chi connectivity index (χ1) is 11.9. The number of aromatic nitrogens is 1. The molecule has 2 aliphatic rings. The van der Waals surface area contributed by atoms with Crippen LogP contribution in [0.25, 0.3) is 11.1 Å². The number of ether oxygens (including phenoxy) is 1. The molecule has 4 rings (SSSR count). The van der Waals surface area contributed by atoms with Gasteiger partial charge in [-0.15, -0.1) is 13.2 Å². The predicted octanol–water partition coefficient (Wildman–Crippen LogP) is 3.12. The summed E-state index contributed by atoms with van der Waals surface area (Å²) in [6, 6.07) is 9.18. The molecule has 25 heavy (non-hydrogen) atoms. The van der Waals surface area contributed by atoms with Gasteiger partial charge in [-0.25, -0.2) is 0 Å². The molecule has 7 heteroatoms. The number of hydrogen-bond donors (Lipinski definition) is 1. The fourth-order valence-corrected chi connectivity index (χ4v) is 3.87. The Kier molecular flexibility index (Phi) is 3.83. The number of piperidine rings is 1. The topological polar surface area (TPSA) is 43.3 Å². The Morgan fingerprint density at radius 3 is 2.80 bits per heavy atom. The SMILES string of the molecule is O=c1c(-c2cccc(OC(F)(F)F)c2)ccc2n1CC1CNCC2C1. The molecule has 1 saturated heterocycles. The molecular weight excluding hydrogens is 333 g/mol. The second kappa shape index (κ2) is 5.91. The minimum Gasteiger partial charge on any atom is -0.406 e. The van der Waals surface area contributed by atoms with E-state index in [-0.39, 0.29) is 11.3 Å². The number of nitrogens with zero attached hydrogens (tertiary/aromatic N) is 1. The van der Waals surface area contributed by atoms with Gasteiger partial charge in [0.25, 0.3) is 5.56 Å². The van der Waals surface area contributed by atoms with Crippen LogP contribution in [0.15, 0.2) is 41.2 Å². The first-order valence-corrected chi connectivity index (χ1v) is 8.21. The Bertz CT molecular complexity index is 860. The number of fused-ring (bicyclic) bond motifs is 4. The lowest BCUT2D eigenvalue weighted by molar-refractivity contribution is -0.274. The van der Waals surface area contributed by atoms with Crippen molar-refractivity contribution in [2.45, 2.75) is 25.2 Å². The highest BCUT2D eigenvalue weighted by molar-refractivity contribution is 5.64. The van der Waals surface area contributed by atoms with Gasteiger partial charge in [0.05, 0.1) is 0 Å². The normalized spacial score (nSPS) is 22.4. The summed E-state index contributed by atoms with van der Waals surface area (Å²) < 4.78 is 43.0. The third-order valence-corrected chi connectivity index (χ3v) is 4.89. The Hall–Kier alpha value is -2.28. The van der Waals surface area contributed by atoms with E-state index in [2.05, 4.69) is 10.1 Å². The molecule has 132 valence electrons. The minimum atomic E-state index is -4.76. The van der Waals surface area contributed by atoms with E-state index in [0.717, 1.165) is 25.2 Å². The molecule has 0 saturated carbocycles. The second-order valence-corrected chi connectivity index (χ2v) is 6.62. The molecule has 0 spiro atoms. The van der Waals surface area contributed by atoms with Gasteiger partial charge in [0, 0.05) is 30.3 Å². The maximum absolute atomic E-state index is 12.9. The number of halogens is 3. The highest BCUT2D eigenvalue weighted by atomic mass is 19.4. The van der Waals surface area contributed by atoms with Crippen LogP contribution in [0.4, 0.5) is 13.2 Å².